The highest BCUT2D eigenvalue weighted by Crippen LogP contribution is 2.19. The Morgan fingerprint density at radius 2 is 1.59 bits per heavy atom. The number of carbonyl (C=O) groups is 2. The lowest BCUT2D eigenvalue weighted by atomic mass is 10.2. The van der Waals surface area contributed by atoms with Gasteiger partial charge in [0.05, 0.1) is 24.6 Å². The first-order chi connectivity index (χ1) is 12.7. The van der Waals surface area contributed by atoms with E-state index >= 15 is 0 Å². The molecular formula is C19H22N2O5S. The average molecular weight is 390 g/mol. The number of methoxy groups -OCH3 is 1. The van der Waals surface area contributed by atoms with Crippen LogP contribution < -0.4 is 4.31 Å². The van der Waals surface area contributed by atoms with Crippen molar-refractivity contribution in [1.29, 1.82) is 0 Å². The number of anilines is 1. The van der Waals surface area contributed by atoms with Crippen LogP contribution in [0.4, 0.5) is 5.69 Å². The second-order valence-electron chi connectivity index (χ2n) is 6.04. The van der Waals surface area contributed by atoms with Crippen molar-refractivity contribution in [2.75, 3.05) is 31.3 Å². The Balaban J connectivity index is 2.17. The molecule has 2 aromatic carbocycles. The maximum Gasteiger partial charge on any atom is 0.337 e. The Morgan fingerprint density at radius 3 is 2.11 bits per heavy atom. The van der Waals surface area contributed by atoms with Crippen molar-refractivity contribution in [2.24, 2.45) is 0 Å². The quantitative estimate of drug-likeness (QED) is 0.674. The predicted molar refractivity (Wildman–Crippen MR) is 103 cm³/mol. The summed E-state index contributed by atoms with van der Waals surface area (Å²) >= 11 is 0. The van der Waals surface area contributed by atoms with Crippen molar-refractivity contribution in [3.63, 3.8) is 0 Å². The first-order valence-electron chi connectivity index (χ1n) is 8.16. The number of esters is 1. The smallest absolute Gasteiger partial charge is 0.337 e. The van der Waals surface area contributed by atoms with E-state index in [1.165, 1.54) is 36.3 Å². The van der Waals surface area contributed by atoms with E-state index in [9.17, 15) is 18.0 Å². The molecule has 0 spiro atoms. The first kappa shape index (κ1) is 20.4. The third kappa shape index (κ3) is 5.55. The first-order valence-corrected chi connectivity index (χ1v) is 10.0. The molecule has 0 radical (unpaired) electrons. The summed E-state index contributed by atoms with van der Waals surface area (Å²) in [5.74, 6) is -0.868. The van der Waals surface area contributed by atoms with Gasteiger partial charge in [-0.05, 0) is 29.8 Å². The van der Waals surface area contributed by atoms with Crippen LogP contribution in [0.5, 0.6) is 0 Å². The summed E-state index contributed by atoms with van der Waals surface area (Å²) in [5.41, 5.74) is 1.54. The minimum atomic E-state index is -3.69. The van der Waals surface area contributed by atoms with Crippen molar-refractivity contribution in [3.8, 4) is 0 Å². The summed E-state index contributed by atoms with van der Waals surface area (Å²) in [6.07, 6.45) is 1.03. The minimum absolute atomic E-state index is 0.294. The summed E-state index contributed by atoms with van der Waals surface area (Å²) in [4.78, 5) is 25.5. The zero-order valence-electron chi connectivity index (χ0n) is 15.5. The molecule has 2 rings (SSSR count). The van der Waals surface area contributed by atoms with Crippen molar-refractivity contribution in [2.45, 2.75) is 6.54 Å². The molecule has 144 valence electrons. The largest absolute Gasteiger partial charge is 0.465 e. The number of amides is 1. The fourth-order valence-corrected chi connectivity index (χ4v) is 3.32. The normalized spacial score (nSPS) is 10.9. The number of hydrogen-bond donors (Lipinski definition) is 0. The molecule has 0 aliphatic carbocycles. The van der Waals surface area contributed by atoms with Gasteiger partial charge in [-0.25, -0.2) is 13.2 Å². The molecular weight excluding hydrogens is 368 g/mol. The molecule has 1 amide bonds. The van der Waals surface area contributed by atoms with E-state index in [2.05, 4.69) is 4.74 Å². The lowest BCUT2D eigenvalue weighted by Gasteiger charge is -2.25. The maximum absolute atomic E-state index is 12.5. The molecule has 8 heteroatoms. The van der Waals surface area contributed by atoms with Crippen LogP contribution in [0, 0.1) is 0 Å². The summed E-state index contributed by atoms with van der Waals surface area (Å²) in [5, 5.41) is 0. The van der Waals surface area contributed by atoms with Gasteiger partial charge in [0.15, 0.2) is 0 Å². The van der Waals surface area contributed by atoms with E-state index in [1.54, 1.807) is 7.05 Å². The molecule has 27 heavy (non-hydrogen) atoms. The lowest BCUT2D eigenvalue weighted by Crippen LogP contribution is -2.41. The molecule has 0 bridgehead atoms. The number of likely N-dealkylation sites (N-methyl/N-ethyl adjacent to an activating group) is 1. The summed E-state index contributed by atoms with van der Waals surface area (Å²) in [7, 11) is -0.803. The van der Waals surface area contributed by atoms with Gasteiger partial charge in [0, 0.05) is 13.6 Å². The monoisotopic (exact) mass is 390 g/mol. The zero-order valence-corrected chi connectivity index (χ0v) is 16.3. The van der Waals surface area contributed by atoms with Gasteiger partial charge in [0.25, 0.3) is 0 Å². The molecule has 0 saturated heterocycles. The molecule has 0 aliphatic heterocycles. The van der Waals surface area contributed by atoms with Crippen LogP contribution in [0.15, 0.2) is 54.6 Å². The highest BCUT2D eigenvalue weighted by Gasteiger charge is 2.23. The van der Waals surface area contributed by atoms with Gasteiger partial charge in [0.2, 0.25) is 15.9 Å². The zero-order chi connectivity index (χ0) is 20.0. The van der Waals surface area contributed by atoms with Gasteiger partial charge in [0.1, 0.15) is 6.54 Å². The number of hydrogen-bond acceptors (Lipinski definition) is 5. The summed E-state index contributed by atoms with van der Waals surface area (Å²) in [6.45, 7) is 0.0400. The number of rotatable bonds is 7. The molecule has 0 atom stereocenters. The van der Waals surface area contributed by atoms with E-state index in [0.717, 1.165) is 16.1 Å². The minimum Gasteiger partial charge on any atom is -0.465 e. The fourth-order valence-electron chi connectivity index (χ4n) is 2.47. The maximum atomic E-state index is 12.5. The molecule has 0 fully saturated rings. The third-order valence-electron chi connectivity index (χ3n) is 3.94. The van der Waals surface area contributed by atoms with Gasteiger partial charge < -0.3 is 9.64 Å². The highest BCUT2D eigenvalue weighted by molar-refractivity contribution is 7.92. The van der Waals surface area contributed by atoms with Crippen LogP contribution in [0.3, 0.4) is 0 Å². The molecule has 0 aliphatic rings. The van der Waals surface area contributed by atoms with Gasteiger partial charge in [-0.3, -0.25) is 9.10 Å². The van der Waals surface area contributed by atoms with Crippen molar-refractivity contribution < 1.29 is 22.7 Å². The van der Waals surface area contributed by atoms with E-state index in [-0.39, 0.29) is 12.5 Å². The van der Waals surface area contributed by atoms with E-state index in [1.807, 2.05) is 30.3 Å². The summed E-state index contributed by atoms with van der Waals surface area (Å²) in [6, 6.07) is 15.3. The second kappa shape index (κ2) is 8.68. The molecule has 0 N–H and O–H groups in total. The topological polar surface area (TPSA) is 84.0 Å². The van der Waals surface area contributed by atoms with Gasteiger partial charge in [-0.1, -0.05) is 30.3 Å². The number of ether oxygens (including phenoxy) is 1. The second-order valence-corrected chi connectivity index (χ2v) is 7.95. The van der Waals surface area contributed by atoms with Crippen LogP contribution in [0.2, 0.25) is 0 Å². The Morgan fingerprint density at radius 1 is 1.00 bits per heavy atom. The molecule has 0 heterocycles. The number of carbonyl (C=O) groups excluding carboxylic acids is 2. The number of benzene rings is 2. The number of nitrogens with zero attached hydrogens (tertiary/aromatic N) is 2. The Kier molecular flexibility index (Phi) is 6.57. The molecule has 7 nitrogen and oxygen atoms in total. The van der Waals surface area contributed by atoms with Gasteiger partial charge in [-0.15, -0.1) is 0 Å². The highest BCUT2D eigenvalue weighted by atomic mass is 32.2. The molecule has 0 saturated carbocycles. The molecule has 2 aromatic rings. The number of sulfonamides is 1. The summed E-state index contributed by atoms with van der Waals surface area (Å²) < 4.78 is 30.0. The third-order valence-corrected chi connectivity index (χ3v) is 5.08. The standard InChI is InChI=1S/C19H22N2O5S/c1-20(13-15-7-5-4-6-8-15)18(22)14-21(27(3,24)25)17-11-9-16(10-12-17)19(23)26-2/h4-12H,13-14H2,1-3H3. The fraction of sp³-hybridized carbons (Fsp3) is 0.263. The Labute approximate surface area is 159 Å². The Bertz CT molecular complexity index is 895. The van der Waals surface area contributed by atoms with Crippen molar-refractivity contribution in [1.82, 2.24) is 4.90 Å². The average Bonchev–Trinajstić information content (AvgIpc) is 2.65. The van der Waals surface area contributed by atoms with Crippen molar-refractivity contribution >= 4 is 27.6 Å². The van der Waals surface area contributed by atoms with Crippen LogP contribution in [0.25, 0.3) is 0 Å². The van der Waals surface area contributed by atoms with E-state index < -0.39 is 16.0 Å². The van der Waals surface area contributed by atoms with Gasteiger partial charge in [-0.2, -0.15) is 0 Å². The van der Waals surface area contributed by atoms with E-state index in [4.69, 9.17) is 0 Å². The van der Waals surface area contributed by atoms with Crippen LogP contribution in [-0.4, -0.2) is 52.2 Å². The lowest BCUT2D eigenvalue weighted by molar-refractivity contribution is -0.128. The SMILES string of the molecule is COC(=O)c1ccc(N(CC(=O)N(C)Cc2ccccc2)S(C)(=O)=O)cc1. The Hall–Kier alpha value is -2.87. The molecule has 0 unspecified atom stereocenters. The molecule has 0 aromatic heterocycles. The predicted octanol–water partition coefficient (Wildman–Crippen LogP) is 1.90. The van der Waals surface area contributed by atoms with Crippen LogP contribution in [-0.2, 0) is 26.1 Å². The van der Waals surface area contributed by atoms with E-state index in [0.29, 0.717) is 17.8 Å². The van der Waals surface area contributed by atoms with Gasteiger partial charge >= 0.3 is 5.97 Å². The van der Waals surface area contributed by atoms with Crippen LogP contribution >= 0.6 is 0 Å². The van der Waals surface area contributed by atoms with Crippen LogP contribution in [0.1, 0.15) is 15.9 Å². The van der Waals surface area contributed by atoms with Crippen molar-refractivity contribution in [3.05, 3.63) is 65.7 Å².